The maximum atomic E-state index is 6.24. The van der Waals surface area contributed by atoms with Gasteiger partial charge in [-0.1, -0.05) is 6.07 Å². The smallest absolute Gasteiger partial charge is 0.144 e. The molecule has 0 bridgehead atoms. The van der Waals surface area contributed by atoms with Crippen molar-refractivity contribution in [3.05, 3.63) is 18.2 Å². The molecule has 1 aliphatic heterocycles. The van der Waals surface area contributed by atoms with Crippen molar-refractivity contribution in [2.75, 3.05) is 37.4 Å². The SMILES string of the molecule is CC(C)Oc1cccc(N(C)CC2CCCOC2)c1N. The van der Waals surface area contributed by atoms with Crippen LogP contribution in [0.3, 0.4) is 0 Å². The summed E-state index contributed by atoms with van der Waals surface area (Å²) in [5.41, 5.74) is 8.00. The van der Waals surface area contributed by atoms with Gasteiger partial charge in [-0.05, 0) is 44.7 Å². The highest BCUT2D eigenvalue weighted by atomic mass is 16.5. The first-order chi connectivity index (χ1) is 9.58. The number of anilines is 2. The highest BCUT2D eigenvalue weighted by Gasteiger charge is 2.18. The number of nitrogens with two attached hydrogens (primary N) is 1. The summed E-state index contributed by atoms with van der Waals surface area (Å²) in [4.78, 5) is 2.21. The van der Waals surface area contributed by atoms with Gasteiger partial charge in [-0.25, -0.2) is 0 Å². The second-order valence-corrected chi connectivity index (χ2v) is 5.82. The lowest BCUT2D eigenvalue weighted by atomic mass is 10.0. The highest BCUT2D eigenvalue weighted by Crippen LogP contribution is 2.33. The van der Waals surface area contributed by atoms with Gasteiger partial charge in [0, 0.05) is 20.2 Å². The summed E-state index contributed by atoms with van der Waals surface area (Å²) in [6, 6.07) is 5.97. The minimum Gasteiger partial charge on any atom is -0.489 e. The van der Waals surface area contributed by atoms with Crippen molar-refractivity contribution < 1.29 is 9.47 Å². The number of ether oxygens (including phenoxy) is 2. The third-order valence-corrected chi connectivity index (χ3v) is 3.60. The van der Waals surface area contributed by atoms with E-state index in [0.29, 0.717) is 5.92 Å². The Balaban J connectivity index is 2.06. The van der Waals surface area contributed by atoms with E-state index in [1.54, 1.807) is 0 Å². The van der Waals surface area contributed by atoms with Gasteiger partial charge < -0.3 is 20.1 Å². The molecule has 0 spiro atoms. The van der Waals surface area contributed by atoms with Gasteiger partial charge in [0.25, 0.3) is 0 Å². The monoisotopic (exact) mass is 278 g/mol. The molecular formula is C16H26N2O2. The van der Waals surface area contributed by atoms with Gasteiger partial charge in [0.1, 0.15) is 5.75 Å². The molecule has 4 nitrogen and oxygen atoms in total. The van der Waals surface area contributed by atoms with E-state index >= 15 is 0 Å². The average Bonchev–Trinajstić information content (AvgIpc) is 2.41. The molecule has 1 aromatic rings. The van der Waals surface area contributed by atoms with Crippen LogP contribution in [0.2, 0.25) is 0 Å². The number of nitrogens with zero attached hydrogens (tertiary/aromatic N) is 1. The van der Waals surface area contributed by atoms with E-state index in [2.05, 4.69) is 11.9 Å². The molecule has 20 heavy (non-hydrogen) atoms. The fourth-order valence-electron chi connectivity index (χ4n) is 2.66. The summed E-state index contributed by atoms with van der Waals surface area (Å²) in [6.07, 6.45) is 2.52. The van der Waals surface area contributed by atoms with Crippen LogP contribution in [-0.4, -0.2) is 32.9 Å². The second kappa shape index (κ2) is 6.84. The highest BCUT2D eigenvalue weighted by molar-refractivity contribution is 5.73. The first-order valence-corrected chi connectivity index (χ1v) is 7.42. The van der Waals surface area contributed by atoms with E-state index in [0.717, 1.165) is 43.3 Å². The van der Waals surface area contributed by atoms with Crippen LogP contribution in [0.15, 0.2) is 18.2 Å². The van der Waals surface area contributed by atoms with Crippen molar-refractivity contribution >= 4 is 11.4 Å². The maximum Gasteiger partial charge on any atom is 0.144 e. The molecule has 0 radical (unpaired) electrons. The lowest BCUT2D eigenvalue weighted by Gasteiger charge is -2.29. The van der Waals surface area contributed by atoms with Crippen LogP contribution in [0.5, 0.6) is 5.75 Å². The molecule has 112 valence electrons. The summed E-state index contributed by atoms with van der Waals surface area (Å²) < 4.78 is 11.3. The fourth-order valence-corrected chi connectivity index (χ4v) is 2.66. The Kier molecular flexibility index (Phi) is 5.12. The van der Waals surface area contributed by atoms with E-state index in [1.165, 1.54) is 6.42 Å². The largest absolute Gasteiger partial charge is 0.489 e. The van der Waals surface area contributed by atoms with Crippen molar-refractivity contribution in [1.82, 2.24) is 0 Å². The molecule has 1 saturated heterocycles. The third-order valence-electron chi connectivity index (χ3n) is 3.60. The molecule has 1 aliphatic rings. The summed E-state index contributed by atoms with van der Waals surface area (Å²) in [5.74, 6) is 1.35. The zero-order valence-electron chi connectivity index (χ0n) is 12.8. The Morgan fingerprint density at radius 2 is 2.25 bits per heavy atom. The molecule has 1 fully saturated rings. The van der Waals surface area contributed by atoms with Crippen LogP contribution in [0.1, 0.15) is 26.7 Å². The van der Waals surface area contributed by atoms with Crippen molar-refractivity contribution in [2.45, 2.75) is 32.8 Å². The van der Waals surface area contributed by atoms with Crippen molar-refractivity contribution in [2.24, 2.45) is 5.92 Å². The second-order valence-electron chi connectivity index (χ2n) is 5.82. The maximum absolute atomic E-state index is 6.24. The van der Waals surface area contributed by atoms with E-state index in [-0.39, 0.29) is 6.10 Å². The predicted molar refractivity (Wildman–Crippen MR) is 83.4 cm³/mol. The molecule has 2 N–H and O–H groups in total. The van der Waals surface area contributed by atoms with Gasteiger partial charge in [-0.3, -0.25) is 0 Å². The zero-order chi connectivity index (χ0) is 14.5. The molecule has 1 unspecified atom stereocenters. The number of para-hydroxylation sites is 1. The number of rotatable bonds is 5. The summed E-state index contributed by atoms with van der Waals surface area (Å²) in [7, 11) is 2.08. The lowest BCUT2D eigenvalue weighted by Crippen LogP contribution is -2.31. The molecular weight excluding hydrogens is 252 g/mol. The number of hydrogen-bond donors (Lipinski definition) is 1. The molecule has 4 heteroatoms. The van der Waals surface area contributed by atoms with Gasteiger partial charge in [-0.15, -0.1) is 0 Å². The molecule has 0 aliphatic carbocycles. The van der Waals surface area contributed by atoms with Crippen LogP contribution in [0, 0.1) is 5.92 Å². The van der Waals surface area contributed by atoms with Crippen LogP contribution in [0.25, 0.3) is 0 Å². The Hall–Kier alpha value is -1.42. The molecule has 0 saturated carbocycles. The van der Waals surface area contributed by atoms with E-state index in [4.69, 9.17) is 15.2 Å². The topological polar surface area (TPSA) is 47.7 Å². The van der Waals surface area contributed by atoms with Crippen LogP contribution in [0.4, 0.5) is 11.4 Å². The Bertz CT molecular complexity index is 428. The summed E-state index contributed by atoms with van der Waals surface area (Å²) >= 11 is 0. The lowest BCUT2D eigenvalue weighted by molar-refractivity contribution is 0.0576. The zero-order valence-corrected chi connectivity index (χ0v) is 12.8. The van der Waals surface area contributed by atoms with Gasteiger partial charge >= 0.3 is 0 Å². The molecule has 0 aromatic heterocycles. The number of nitrogen functional groups attached to an aromatic ring is 1. The molecule has 1 aromatic carbocycles. The molecule has 1 atom stereocenters. The first kappa shape index (κ1) is 15.0. The Morgan fingerprint density at radius 1 is 1.45 bits per heavy atom. The van der Waals surface area contributed by atoms with E-state index < -0.39 is 0 Å². The number of hydrogen-bond acceptors (Lipinski definition) is 4. The Morgan fingerprint density at radius 3 is 2.90 bits per heavy atom. The molecule has 0 amide bonds. The standard InChI is InChI=1S/C16H26N2O2/c1-12(2)20-15-8-4-7-14(16(15)17)18(3)10-13-6-5-9-19-11-13/h4,7-8,12-13H,5-6,9-11,17H2,1-3H3. The quantitative estimate of drug-likeness (QED) is 0.841. The van der Waals surface area contributed by atoms with Crippen LogP contribution < -0.4 is 15.4 Å². The van der Waals surface area contributed by atoms with Crippen molar-refractivity contribution in [1.29, 1.82) is 0 Å². The summed E-state index contributed by atoms with van der Waals surface area (Å²) in [6.45, 7) is 6.74. The van der Waals surface area contributed by atoms with Crippen molar-refractivity contribution in [3.63, 3.8) is 0 Å². The minimum absolute atomic E-state index is 0.129. The first-order valence-electron chi connectivity index (χ1n) is 7.42. The van der Waals surface area contributed by atoms with Crippen molar-refractivity contribution in [3.8, 4) is 5.75 Å². The van der Waals surface area contributed by atoms with Gasteiger partial charge in [0.05, 0.1) is 24.1 Å². The normalized spacial score (nSPS) is 19.1. The van der Waals surface area contributed by atoms with E-state index in [1.807, 2.05) is 32.0 Å². The average molecular weight is 278 g/mol. The van der Waals surface area contributed by atoms with Gasteiger partial charge in [0.2, 0.25) is 0 Å². The predicted octanol–water partition coefficient (Wildman–Crippen LogP) is 2.92. The third kappa shape index (κ3) is 3.79. The summed E-state index contributed by atoms with van der Waals surface area (Å²) in [5, 5.41) is 0. The van der Waals surface area contributed by atoms with Crippen LogP contribution in [-0.2, 0) is 4.74 Å². The molecule has 2 rings (SSSR count). The number of benzene rings is 1. The minimum atomic E-state index is 0.129. The Labute approximate surface area is 121 Å². The van der Waals surface area contributed by atoms with Gasteiger partial charge in [-0.2, -0.15) is 0 Å². The van der Waals surface area contributed by atoms with E-state index in [9.17, 15) is 0 Å². The van der Waals surface area contributed by atoms with Crippen LogP contribution >= 0.6 is 0 Å². The van der Waals surface area contributed by atoms with Gasteiger partial charge in [0.15, 0.2) is 0 Å². The fraction of sp³-hybridized carbons (Fsp3) is 0.625. The molecule has 1 heterocycles.